The van der Waals surface area contributed by atoms with E-state index in [1.165, 1.54) is 0 Å². The molecule has 0 fully saturated rings. The minimum Gasteiger partial charge on any atom is -0.444 e. The first kappa shape index (κ1) is 34.4. The number of amides is 3. The van der Waals surface area contributed by atoms with Crippen LogP contribution in [0.4, 0.5) is 4.79 Å². The molecule has 2 atom stereocenters. The number of hydrogen-bond acceptors (Lipinski definition) is 4. The predicted octanol–water partition coefficient (Wildman–Crippen LogP) is 7.29. The predicted molar refractivity (Wildman–Crippen MR) is 176 cm³/mol. The second-order valence-corrected chi connectivity index (χ2v) is 12.3. The van der Waals surface area contributed by atoms with Crippen molar-refractivity contribution in [2.45, 2.75) is 97.4 Å². The Hall–Kier alpha value is -4.13. The summed E-state index contributed by atoms with van der Waals surface area (Å²) < 4.78 is 5.56. The van der Waals surface area contributed by atoms with E-state index in [0.29, 0.717) is 13.1 Å². The Bertz CT molecular complexity index is 1320. The van der Waals surface area contributed by atoms with Crippen LogP contribution in [0.25, 0.3) is 0 Å². The topological polar surface area (TPSA) is 87.7 Å². The van der Waals surface area contributed by atoms with E-state index < -0.39 is 23.8 Å². The summed E-state index contributed by atoms with van der Waals surface area (Å²) in [6, 6.07) is 25.2. The molecule has 3 rings (SSSR count). The van der Waals surface area contributed by atoms with Crippen molar-refractivity contribution in [3.8, 4) is 0 Å². The fourth-order valence-corrected chi connectivity index (χ4v) is 5.18. The third-order valence-corrected chi connectivity index (χ3v) is 7.41. The number of nitrogens with zero attached hydrogens (tertiary/aromatic N) is 1. The molecule has 0 aliphatic carbocycles. The molecule has 0 saturated heterocycles. The van der Waals surface area contributed by atoms with Gasteiger partial charge in [-0.1, -0.05) is 118 Å². The fraction of sp³-hybridized carbons (Fsp3) is 0.432. The first-order valence-corrected chi connectivity index (χ1v) is 15.8. The van der Waals surface area contributed by atoms with Crippen LogP contribution in [0.1, 0.15) is 88.1 Å². The monoisotopic (exact) mass is 599 g/mol. The molecule has 0 bridgehead atoms. The lowest BCUT2D eigenvalue weighted by Gasteiger charge is -2.35. The lowest BCUT2D eigenvalue weighted by molar-refractivity contribution is -0.142. The quantitative estimate of drug-likeness (QED) is 0.180. The highest BCUT2D eigenvalue weighted by molar-refractivity contribution is 5.92. The number of benzene rings is 3. The maximum atomic E-state index is 14.6. The normalized spacial score (nSPS) is 12.6. The van der Waals surface area contributed by atoms with Gasteiger partial charge in [0.15, 0.2) is 0 Å². The summed E-state index contributed by atoms with van der Waals surface area (Å²) in [6.45, 7) is 10.2. The lowest BCUT2D eigenvalue weighted by Crippen LogP contribution is -2.54. The standard InChI is InChI=1S/C37H49N3O4/c1-6-7-8-9-18-25-40(35(42)32(26-29-20-12-10-13-21-29)39-36(43)44-37(3,4)5)33(31-24-17-16-19-28(31)2)34(41)38-27-30-22-14-11-15-23-30/h10-17,19-24,32-33H,6-9,18,25-27H2,1-5H3,(H,38,41)(H,39,43). The number of aryl methyl sites for hydroxylation is 1. The summed E-state index contributed by atoms with van der Waals surface area (Å²) in [5.41, 5.74) is 2.80. The van der Waals surface area contributed by atoms with Gasteiger partial charge in [0.1, 0.15) is 17.7 Å². The molecule has 236 valence electrons. The van der Waals surface area contributed by atoms with Crippen molar-refractivity contribution in [3.05, 3.63) is 107 Å². The van der Waals surface area contributed by atoms with Crippen LogP contribution in [-0.4, -0.2) is 41.0 Å². The number of ether oxygens (including phenoxy) is 1. The third-order valence-electron chi connectivity index (χ3n) is 7.41. The molecule has 0 spiro atoms. The van der Waals surface area contributed by atoms with Gasteiger partial charge in [-0.05, 0) is 56.4 Å². The van der Waals surface area contributed by atoms with Crippen molar-refractivity contribution in [2.75, 3.05) is 6.54 Å². The maximum absolute atomic E-state index is 14.6. The zero-order chi connectivity index (χ0) is 32.0. The van der Waals surface area contributed by atoms with E-state index in [9.17, 15) is 14.4 Å². The van der Waals surface area contributed by atoms with Crippen LogP contribution in [-0.2, 0) is 27.3 Å². The summed E-state index contributed by atoms with van der Waals surface area (Å²) in [7, 11) is 0. The Morgan fingerprint density at radius 1 is 0.795 bits per heavy atom. The largest absolute Gasteiger partial charge is 0.444 e. The number of nitrogens with one attached hydrogen (secondary N) is 2. The van der Waals surface area contributed by atoms with Gasteiger partial charge in [0.05, 0.1) is 0 Å². The van der Waals surface area contributed by atoms with Crippen molar-refractivity contribution >= 4 is 17.9 Å². The van der Waals surface area contributed by atoms with Gasteiger partial charge in [0.2, 0.25) is 11.8 Å². The van der Waals surface area contributed by atoms with Gasteiger partial charge in [-0.2, -0.15) is 0 Å². The highest BCUT2D eigenvalue weighted by Gasteiger charge is 2.36. The van der Waals surface area contributed by atoms with E-state index in [4.69, 9.17) is 4.74 Å². The Morgan fingerprint density at radius 2 is 1.39 bits per heavy atom. The first-order valence-electron chi connectivity index (χ1n) is 15.8. The number of carbonyl (C=O) groups excluding carboxylic acids is 3. The van der Waals surface area contributed by atoms with Crippen LogP contribution in [0.2, 0.25) is 0 Å². The molecule has 3 amide bonds. The molecule has 2 unspecified atom stereocenters. The van der Waals surface area contributed by atoms with Gasteiger partial charge in [0.25, 0.3) is 0 Å². The van der Waals surface area contributed by atoms with Gasteiger partial charge in [-0.25, -0.2) is 4.79 Å². The molecular formula is C37H49N3O4. The SMILES string of the molecule is CCCCCCCN(C(=O)C(Cc1ccccc1)NC(=O)OC(C)(C)C)C(C(=O)NCc1ccccc1)c1ccccc1C. The fourth-order valence-electron chi connectivity index (χ4n) is 5.18. The van der Waals surface area contributed by atoms with Gasteiger partial charge in [0, 0.05) is 19.5 Å². The molecule has 7 nitrogen and oxygen atoms in total. The summed E-state index contributed by atoms with van der Waals surface area (Å²) in [4.78, 5) is 43.5. The number of alkyl carbamates (subject to hydrolysis) is 1. The van der Waals surface area contributed by atoms with Gasteiger partial charge in [-0.3, -0.25) is 9.59 Å². The highest BCUT2D eigenvalue weighted by atomic mass is 16.6. The molecule has 0 aromatic heterocycles. The third kappa shape index (κ3) is 11.2. The first-order chi connectivity index (χ1) is 21.1. The minimum absolute atomic E-state index is 0.261. The van der Waals surface area contributed by atoms with Crippen LogP contribution in [0.5, 0.6) is 0 Å². The Kier molecular flexibility index (Phi) is 13.5. The average Bonchev–Trinajstić information content (AvgIpc) is 2.99. The molecular weight excluding hydrogens is 550 g/mol. The highest BCUT2D eigenvalue weighted by Crippen LogP contribution is 2.27. The van der Waals surface area contributed by atoms with Gasteiger partial charge < -0.3 is 20.3 Å². The second-order valence-electron chi connectivity index (χ2n) is 12.3. The Labute approximate surface area is 263 Å². The number of rotatable bonds is 15. The molecule has 44 heavy (non-hydrogen) atoms. The van der Waals surface area contributed by atoms with Crippen molar-refractivity contribution in [2.24, 2.45) is 0 Å². The zero-order valence-electron chi connectivity index (χ0n) is 27.0. The maximum Gasteiger partial charge on any atom is 0.408 e. The molecule has 3 aromatic carbocycles. The van der Waals surface area contributed by atoms with E-state index in [0.717, 1.165) is 54.4 Å². The van der Waals surface area contributed by atoms with Crippen LogP contribution < -0.4 is 10.6 Å². The Morgan fingerprint density at radius 3 is 2.00 bits per heavy atom. The molecule has 2 N–H and O–H groups in total. The van der Waals surface area contributed by atoms with Crippen molar-refractivity contribution < 1.29 is 19.1 Å². The summed E-state index contributed by atoms with van der Waals surface area (Å²) in [6.07, 6.45) is 4.54. The summed E-state index contributed by atoms with van der Waals surface area (Å²) >= 11 is 0. The van der Waals surface area contributed by atoms with Crippen molar-refractivity contribution in [1.82, 2.24) is 15.5 Å². The molecule has 7 heteroatoms. The van der Waals surface area contributed by atoms with E-state index in [1.54, 1.807) is 25.7 Å². The number of hydrogen-bond donors (Lipinski definition) is 2. The van der Waals surface area contributed by atoms with Crippen molar-refractivity contribution in [3.63, 3.8) is 0 Å². The molecule has 0 saturated carbocycles. The Balaban J connectivity index is 2.01. The van der Waals surface area contributed by atoms with E-state index in [-0.39, 0.29) is 18.2 Å². The minimum atomic E-state index is -0.934. The summed E-state index contributed by atoms with van der Waals surface area (Å²) in [5, 5.41) is 5.93. The zero-order valence-corrected chi connectivity index (χ0v) is 27.0. The smallest absolute Gasteiger partial charge is 0.408 e. The molecule has 0 heterocycles. The van der Waals surface area contributed by atoms with E-state index in [2.05, 4.69) is 17.6 Å². The molecule has 0 radical (unpaired) electrons. The molecule has 0 aliphatic heterocycles. The van der Waals surface area contributed by atoms with Crippen LogP contribution in [0.15, 0.2) is 84.9 Å². The average molecular weight is 600 g/mol. The van der Waals surface area contributed by atoms with Gasteiger partial charge in [-0.15, -0.1) is 0 Å². The second kappa shape index (κ2) is 17.2. The van der Waals surface area contributed by atoms with Crippen LogP contribution in [0, 0.1) is 6.92 Å². The van der Waals surface area contributed by atoms with Gasteiger partial charge >= 0.3 is 6.09 Å². The molecule has 0 aliphatic rings. The molecule has 3 aromatic rings. The number of carbonyl (C=O) groups is 3. The van der Waals surface area contributed by atoms with E-state index in [1.807, 2.05) is 91.9 Å². The lowest BCUT2D eigenvalue weighted by atomic mass is 9.96. The van der Waals surface area contributed by atoms with Crippen LogP contribution in [0.3, 0.4) is 0 Å². The number of unbranched alkanes of at least 4 members (excludes halogenated alkanes) is 4. The van der Waals surface area contributed by atoms with E-state index >= 15 is 0 Å². The van der Waals surface area contributed by atoms with Crippen molar-refractivity contribution in [1.29, 1.82) is 0 Å². The summed E-state index contributed by atoms with van der Waals surface area (Å²) in [5.74, 6) is -0.584. The van der Waals surface area contributed by atoms with Crippen LogP contribution >= 0.6 is 0 Å².